The highest BCUT2D eigenvalue weighted by molar-refractivity contribution is 6.33. The lowest BCUT2D eigenvalue weighted by atomic mass is 10.0. The molecule has 0 spiro atoms. The van der Waals surface area contributed by atoms with Crippen molar-refractivity contribution in [1.82, 2.24) is 25.8 Å². The number of carbonyl (C=O) groups excluding carboxylic acids is 1. The number of rotatable bonds is 4. The molecule has 3 aliphatic heterocycles. The number of aliphatic hydroxyl groups is 1. The van der Waals surface area contributed by atoms with Gasteiger partial charge in [-0.3, -0.25) is 10.2 Å². The SMILES string of the molecule is O=C1CC(c2ccc(-c3nc4nc(O[C@@H]5CO[C@H]6[C@@H]5OC[C@H]6O)[nH]c4cc3Cl)cc2)NN1. The molecule has 0 bridgehead atoms. The number of aliphatic hydroxyl groups excluding tert-OH is 1. The minimum absolute atomic E-state index is 0.0267. The quantitative estimate of drug-likeness (QED) is 0.460. The number of fused-ring (bicyclic) bond motifs is 2. The summed E-state index contributed by atoms with van der Waals surface area (Å²) in [6.07, 6.45) is -1.31. The van der Waals surface area contributed by atoms with Gasteiger partial charge in [-0.15, -0.1) is 0 Å². The second-order valence-electron chi connectivity index (χ2n) is 8.12. The minimum atomic E-state index is -0.639. The molecule has 5 atom stereocenters. The number of halogens is 1. The van der Waals surface area contributed by atoms with E-state index in [0.717, 1.165) is 11.1 Å². The summed E-state index contributed by atoms with van der Waals surface area (Å²) in [5.41, 5.74) is 9.13. The van der Waals surface area contributed by atoms with Crippen LogP contribution in [0.3, 0.4) is 0 Å². The zero-order chi connectivity index (χ0) is 21.8. The van der Waals surface area contributed by atoms with Gasteiger partial charge in [0.05, 0.1) is 35.5 Å². The molecule has 1 unspecified atom stereocenters. The first kappa shape index (κ1) is 19.9. The highest BCUT2D eigenvalue weighted by Gasteiger charge is 2.48. The molecular formula is C21H20ClN5O5. The fourth-order valence-electron chi connectivity index (χ4n) is 4.37. The van der Waals surface area contributed by atoms with E-state index in [2.05, 4.69) is 25.8 Å². The molecule has 6 rings (SSSR count). The van der Waals surface area contributed by atoms with E-state index in [9.17, 15) is 9.90 Å². The van der Waals surface area contributed by atoms with E-state index in [1.54, 1.807) is 6.07 Å². The maximum absolute atomic E-state index is 11.4. The number of imidazole rings is 1. The van der Waals surface area contributed by atoms with Crippen LogP contribution in [0.15, 0.2) is 30.3 Å². The molecule has 3 fully saturated rings. The Morgan fingerprint density at radius 3 is 2.72 bits per heavy atom. The number of amides is 1. The molecule has 10 nitrogen and oxygen atoms in total. The fraction of sp³-hybridized carbons (Fsp3) is 0.381. The predicted molar refractivity (Wildman–Crippen MR) is 113 cm³/mol. The summed E-state index contributed by atoms with van der Waals surface area (Å²) < 4.78 is 17.1. The zero-order valence-corrected chi connectivity index (χ0v) is 17.5. The van der Waals surface area contributed by atoms with Crippen molar-refractivity contribution >= 4 is 28.7 Å². The molecule has 11 heteroatoms. The molecule has 0 saturated carbocycles. The van der Waals surface area contributed by atoms with Gasteiger partial charge in [-0.25, -0.2) is 10.4 Å². The summed E-state index contributed by atoms with van der Waals surface area (Å²) in [5, 5.41) is 10.4. The van der Waals surface area contributed by atoms with Crippen molar-refractivity contribution in [2.45, 2.75) is 36.9 Å². The number of pyridine rings is 1. The van der Waals surface area contributed by atoms with Crippen LogP contribution in [0.5, 0.6) is 6.01 Å². The van der Waals surface area contributed by atoms with Gasteiger partial charge in [0.15, 0.2) is 11.8 Å². The monoisotopic (exact) mass is 457 g/mol. The lowest BCUT2D eigenvalue weighted by molar-refractivity contribution is -0.119. The van der Waals surface area contributed by atoms with Crippen LogP contribution in [0.25, 0.3) is 22.4 Å². The number of benzene rings is 1. The first-order valence-electron chi connectivity index (χ1n) is 10.3. The van der Waals surface area contributed by atoms with E-state index in [0.29, 0.717) is 40.9 Å². The van der Waals surface area contributed by atoms with Crippen molar-refractivity contribution in [3.63, 3.8) is 0 Å². The first-order chi connectivity index (χ1) is 15.5. The lowest BCUT2D eigenvalue weighted by Crippen LogP contribution is -2.34. The zero-order valence-electron chi connectivity index (χ0n) is 16.7. The molecule has 3 aromatic rings. The van der Waals surface area contributed by atoms with Gasteiger partial charge in [0, 0.05) is 12.0 Å². The Balaban J connectivity index is 1.23. The number of hydrazine groups is 1. The molecule has 4 N–H and O–H groups in total. The molecule has 3 saturated heterocycles. The van der Waals surface area contributed by atoms with Crippen LogP contribution in [-0.4, -0.2) is 63.6 Å². The summed E-state index contributed by atoms with van der Waals surface area (Å²) in [4.78, 5) is 23.6. The van der Waals surface area contributed by atoms with E-state index in [-0.39, 0.29) is 36.9 Å². The molecular weight excluding hydrogens is 438 g/mol. The standard InChI is InChI=1S/C21H20ClN5O5/c22-11-5-13-20(25-21(23-13)32-15-8-31-18-14(28)7-30-19(15)18)24-17(11)10-3-1-9(2-4-10)12-6-16(29)27-26-12/h1-5,12,14-15,18-19,26,28H,6-8H2,(H,27,29)(H,23,24,25)/t12?,14-,15-,18-,19-/m1/s1. The highest BCUT2D eigenvalue weighted by atomic mass is 35.5. The largest absolute Gasteiger partial charge is 0.456 e. The average Bonchev–Trinajstić information content (AvgIpc) is 3.55. The number of hydrogen-bond acceptors (Lipinski definition) is 8. The van der Waals surface area contributed by atoms with E-state index in [1.807, 2.05) is 24.3 Å². The third kappa shape index (κ3) is 3.40. The number of H-pyrrole nitrogens is 1. The average molecular weight is 458 g/mol. The molecule has 32 heavy (non-hydrogen) atoms. The lowest BCUT2D eigenvalue weighted by Gasteiger charge is -2.15. The Morgan fingerprint density at radius 1 is 1.12 bits per heavy atom. The fourth-order valence-corrected chi connectivity index (χ4v) is 4.63. The normalized spacial score (nSPS) is 29.4. The minimum Gasteiger partial charge on any atom is -0.456 e. The number of nitrogens with one attached hydrogen (secondary N) is 3. The van der Waals surface area contributed by atoms with Crippen molar-refractivity contribution < 1.29 is 24.1 Å². The van der Waals surface area contributed by atoms with E-state index in [4.69, 9.17) is 25.8 Å². The number of ether oxygens (including phenoxy) is 3. The van der Waals surface area contributed by atoms with Gasteiger partial charge in [-0.2, -0.15) is 4.98 Å². The van der Waals surface area contributed by atoms with Crippen molar-refractivity contribution in [2.24, 2.45) is 0 Å². The predicted octanol–water partition coefficient (Wildman–Crippen LogP) is 1.25. The Morgan fingerprint density at radius 2 is 1.94 bits per heavy atom. The summed E-state index contributed by atoms with van der Waals surface area (Å²) in [7, 11) is 0. The number of nitrogens with zero attached hydrogens (tertiary/aromatic N) is 2. The Bertz CT molecular complexity index is 1190. The Kier molecular flexibility index (Phi) is 4.77. The van der Waals surface area contributed by atoms with Gasteiger partial charge in [0.2, 0.25) is 5.91 Å². The van der Waals surface area contributed by atoms with Gasteiger partial charge < -0.3 is 24.3 Å². The first-order valence-corrected chi connectivity index (χ1v) is 10.7. The maximum Gasteiger partial charge on any atom is 0.296 e. The van der Waals surface area contributed by atoms with Gasteiger partial charge >= 0.3 is 0 Å². The maximum atomic E-state index is 11.4. The van der Waals surface area contributed by atoms with Crippen LogP contribution in [0, 0.1) is 0 Å². The van der Waals surface area contributed by atoms with Gasteiger partial charge in [-0.05, 0) is 11.6 Å². The number of aromatic amines is 1. The molecule has 2 aromatic heterocycles. The van der Waals surface area contributed by atoms with Gasteiger partial charge in [0.25, 0.3) is 6.01 Å². The van der Waals surface area contributed by atoms with Crippen molar-refractivity contribution in [1.29, 1.82) is 0 Å². The molecule has 1 aromatic carbocycles. The van der Waals surface area contributed by atoms with E-state index < -0.39 is 6.10 Å². The van der Waals surface area contributed by atoms with Crippen molar-refractivity contribution in [3.05, 3.63) is 40.9 Å². The second-order valence-corrected chi connectivity index (χ2v) is 8.53. The molecule has 1 amide bonds. The summed E-state index contributed by atoms with van der Waals surface area (Å²) in [5.74, 6) is -0.0267. The summed E-state index contributed by atoms with van der Waals surface area (Å²) in [6.45, 7) is 0.546. The van der Waals surface area contributed by atoms with Crippen LogP contribution < -0.4 is 15.6 Å². The van der Waals surface area contributed by atoms with Gasteiger partial charge in [-0.1, -0.05) is 35.9 Å². The van der Waals surface area contributed by atoms with Crippen molar-refractivity contribution in [2.75, 3.05) is 13.2 Å². The highest BCUT2D eigenvalue weighted by Crippen LogP contribution is 2.33. The third-order valence-corrected chi connectivity index (χ3v) is 6.30. The topological polar surface area (TPSA) is 131 Å². The van der Waals surface area contributed by atoms with Crippen LogP contribution in [0.2, 0.25) is 5.02 Å². The van der Waals surface area contributed by atoms with Crippen LogP contribution >= 0.6 is 11.6 Å². The Hall–Kier alpha value is -2.76. The number of carbonyl (C=O) groups is 1. The molecule has 5 heterocycles. The third-order valence-electron chi connectivity index (χ3n) is 6.01. The van der Waals surface area contributed by atoms with E-state index in [1.165, 1.54) is 0 Å². The van der Waals surface area contributed by atoms with Crippen LogP contribution in [-0.2, 0) is 14.3 Å². The Labute approximate surface area is 187 Å². The summed E-state index contributed by atoms with van der Waals surface area (Å²) >= 11 is 6.51. The number of aromatic nitrogens is 3. The van der Waals surface area contributed by atoms with Crippen molar-refractivity contribution in [3.8, 4) is 17.3 Å². The number of hydrogen-bond donors (Lipinski definition) is 4. The van der Waals surface area contributed by atoms with Crippen LogP contribution in [0.1, 0.15) is 18.0 Å². The van der Waals surface area contributed by atoms with Crippen LogP contribution in [0.4, 0.5) is 0 Å². The summed E-state index contributed by atoms with van der Waals surface area (Å²) in [6, 6.07) is 9.73. The molecule has 166 valence electrons. The van der Waals surface area contributed by atoms with Gasteiger partial charge in [0.1, 0.15) is 18.3 Å². The molecule has 3 aliphatic rings. The molecule has 0 aliphatic carbocycles. The second kappa shape index (κ2) is 7.68. The smallest absolute Gasteiger partial charge is 0.296 e. The van der Waals surface area contributed by atoms with E-state index >= 15 is 0 Å². The molecule has 0 radical (unpaired) electrons.